The van der Waals surface area contributed by atoms with Crippen LogP contribution in [0.5, 0.6) is 0 Å². The van der Waals surface area contributed by atoms with Gasteiger partial charge in [0.2, 0.25) is 5.91 Å². The van der Waals surface area contributed by atoms with Crippen molar-refractivity contribution in [1.82, 2.24) is 14.5 Å². The van der Waals surface area contributed by atoms with Gasteiger partial charge in [-0.1, -0.05) is 30.3 Å². The molecule has 0 aliphatic heterocycles. The lowest BCUT2D eigenvalue weighted by molar-refractivity contribution is -0.118. The molecule has 0 aliphatic rings. The molecular weight excluding hydrogens is 449 g/mol. The molecule has 9 heteroatoms. The number of para-hydroxylation sites is 1. The lowest BCUT2D eigenvalue weighted by atomic mass is 10.1. The number of halogens is 1. The zero-order chi connectivity index (χ0) is 22.7. The second kappa shape index (κ2) is 9.05. The number of hydrogen-bond acceptors (Lipinski definition) is 5. The molecule has 1 N–H and O–H groups in total. The van der Waals surface area contributed by atoms with E-state index in [1.165, 1.54) is 18.2 Å². The number of carbonyl (C=O) groups excluding carboxylic acids is 1. The number of amides is 1. The van der Waals surface area contributed by atoms with Crippen LogP contribution < -0.4 is 4.72 Å². The third-order valence-corrected chi connectivity index (χ3v) is 7.64. The van der Waals surface area contributed by atoms with Crippen molar-refractivity contribution in [2.45, 2.75) is 24.0 Å². The van der Waals surface area contributed by atoms with Crippen LogP contribution in [0.3, 0.4) is 0 Å². The Hall–Kier alpha value is -3.30. The molecule has 0 bridgehead atoms. The largest absolute Gasteiger partial charge is 0.274 e. The van der Waals surface area contributed by atoms with Crippen LogP contribution in [0.4, 0.5) is 4.39 Å². The molecule has 0 unspecified atom stereocenters. The van der Waals surface area contributed by atoms with Gasteiger partial charge < -0.3 is 0 Å². The first kappa shape index (κ1) is 21.9. The van der Waals surface area contributed by atoms with E-state index in [1.54, 1.807) is 28.9 Å². The van der Waals surface area contributed by atoms with Crippen molar-refractivity contribution >= 4 is 27.3 Å². The molecule has 0 radical (unpaired) electrons. The van der Waals surface area contributed by atoms with Gasteiger partial charge in [-0.15, -0.1) is 11.3 Å². The SMILES string of the molecule is Cc1cc(CC(=O)NS(=O)(=O)c2ccc(Cc3ccc(F)cc3)s2)n(-c2ccccc2)n1. The van der Waals surface area contributed by atoms with Gasteiger partial charge in [0.1, 0.15) is 10.0 Å². The maximum absolute atomic E-state index is 13.1. The number of hydrogen-bond donors (Lipinski definition) is 1. The number of rotatable bonds is 7. The molecule has 0 atom stereocenters. The van der Waals surface area contributed by atoms with E-state index in [-0.39, 0.29) is 16.4 Å². The van der Waals surface area contributed by atoms with Crippen molar-refractivity contribution in [1.29, 1.82) is 0 Å². The monoisotopic (exact) mass is 469 g/mol. The number of aryl methyl sites for hydroxylation is 1. The standard InChI is InChI=1S/C23H20FN3O3S2/c1-16-13-20(27(25-16)19-5-3-2-4-6-19)15-22(28)26-32(29,30)23-12-11-21(31-23)14-17-7-9-18(24)10-8-17/h2-13H,14-15H2,1H3,(H,26,28). The highest BCUT2D eigenvalue weighted by Crippen LogP contribution is 2.24. The molecular formula is C23H20FN3O3S2. The summed E-state index contributed by atoms with van der Waals surface area (Å²) in [5.74, 6) is -0.967. The van der Waals surface area contributed by atoms with E-state index >= 15 is 0 Å². The van der Waals surface area contributed by atoms with Crippen LogP contribution in [-0.4, -0.2) is 24.1 Å². The van der Waals surface area contributed by atoms with Gasteiger partial charge >= 0.3 is 0 Å². The van der Waals surface area contributed by atoms with E-state index in [0.717, 1.165) is 33.2 Å². The van der Waals surface area contributed by atoms with Crippen LogP contribution in [0.1, 0.15) is 21.8 Å². The van der Waals surface area contributed by atoms with Gasteiger partial charge in [0.05, 0.1) is 23.5 Å². The van der Waals surface area contributed by atoms with E-state index in [0.29, 0.717) is 12.1 Å². The molecule has 164 valence electrons. The first-order valence-corrected chi connectivity index (χ1v) is 12.1. The Labute approximate surface area is 189 Å². The van der Waals surface area contributed by atoms with Crippen LogP contribution in [0.25, 0.3) is 5.69 Å². The number of nitrogens with zero attached hydrogens (tertiary/aromatic N) is 2. The summed E-state index contributed by atoms with van der Waals surface area (Å²) in [5.41, 5.74) is 2.97. The molecule has 0 fully saturated rings. The molecule has 0 saturated carbocycles. The summed E-state index contributed by atoms with van der Waals surface area (Å²) in [4.78, 5) is 13.4. The minimum atomic E-state index is -4.00. The minimum absolute atomic E-state index is 0.0516. The third kappa shape index (κ3) is 5.12. The Bertz CT molecular complexity index is 1340. The van der Waals surface area contributed by atoms with Gasteiger partial charge in [0.25, 0.3) is 10.0 Å². The fraction of sp³-hybridized carbons (Fsp3) is 0.130. The molecule has 4 aromatic rings. The van der Waals surface area contributed by atoms with Crippen LogP contribution in [0.15, 0.2) is 77.0 Å². The van der Waals surface area contributed by atoms with Gasteiger partial charge in [-0.05, 0) is 55.0 Å². The molecule has 1 amide bonds. The summed E-state index contributed by atoms with van der Waals surface area (Å²) in [6.07, 6.45) is 0.340. The lowest BCUT2D eigenvalue weighted by Gasteiger charge is -2.08. The quantitative estimate of drug-likeness (QED) is 0.443. The molecule has 4 rings (SSSR count). The first-order valence-electron chi connectivity index (χ1n) is 9.80. The summed E-state index contributed by atoms with van der Waals surface area (Å²) < 4.78 is 42.3. The average molecular weight is 470 g/mol. The Balaban J connectivity index is 1.46. The Morgan fingerprint density at radius 2 is 1.78 bits per heavy atom. The molecule has 2 aromatic carbocycles. The summed E-state index contributed by atoms with van der Waals surface area (Å²) >= 11 is 1.08. The molecule has 6 nitrogen and oxygen atoms in total. The molecule has 2 aromatic heterocycles. The summed E-state index contributed by atoms with van der Waals surface area (Å²) in [7, 11) is -4.00. The summed E-state index contributed by atoms with van der Waals surface area (Å²) in [6, 6.07) is 20.3. The Morgan fingerprint density at radius 1 is 1.06 bits per heavy atom. The predicted octanol–water partition coefficient (Wildman–Crippen LogP) is 4.02. The highest BCUT2D eigenvalue weighted by Gasteiger charge is 2.21. The fourth-order valence-corrected chi connectivity index (χ4v) is 5.65. The van der Waals surface area contributed by atoms with E-state index < -0.39 is 15.9 Å². The highest BCUT2D eigenvalue weighted by molar-refractivity contribution is 7.92. The number of nitrogens with one attached hydrogen (secondary N) is 1. The van der Waals surface area contributed by atoms with E-state index in [9.17, 15) is 17.6 Å². The van der Waals surface area contributed by atoms with Crippen molar-refractivity contribution in [3.05, 3.63) is 100 Å². The lowest BCUT2D eigenvalue weighted by Crippen LogP contribution is -2.31. The molecule has 0 saturated heterocycles. The Morgan fingerprint density at radius 3 is 2.50 bits per heavy atom. The van der Waals surface area contributed by atoms with Gasteiger partial charge in [-0.25, -0.2) is 22.2 Å². The van der Waals surface area contributed by atoms with Crippen molar-refractivity contribution in [2.24, 2.45) is 0 Å². The van der Waals surface area contributed by atoms with Crippen molar-refractivity contribution < 1.29 is 17.6 Å². The average Bonchev–Trinajstić information content (AvgIpc) is 3.37. The molecule has 0 spiro atoms. The van der Waals surface area contributed by atoms with Gasteiger partial charge in [0.15, 0.2) is 0 Å². The van der Waals surface area contributed by atoms with Crippen molar-refractivity contribution in [3.8, 4) is 5.69 Å². The zero-order valence-electron chi connectivity index (χ0n) is 17.2. The predicted molar refractivity (Wildman–Crippen MR) is 121 cm³/mol. The second-order valence-electron chi connectivity index (χ2n) is 7.25. The maximum atomic E-state index is 13.1. The highest BCUT2D eigenvalue weighted by atomic mass is 32.2. The van der Waals surface area contributed by atoms with Crippen molar-refractivity contribution in [2.75, 3.05) is 0 Å². The molecule has 32 heavy (non-hydrogen) atoms. The van der Waals surface area contributed by atoms with Gasteiger partial charge in [-0.3, -0.25) is 4.79 Å². The van der Waals surface area contributed by atoms with Gasteiger partial charge in [-0.2, -0.15) is 5.10 Å². The van der Waals surface area contributed by atoms with Crippen LogP contribution in [0.2, 0.25) is 0 Å². The van der Waals surface area contributed by atoms with Crippen molar-refractivity contribution in [3.63, 3.8) is 0 Å². The maximum Gasteiger partial charge on any atom is 0.273 e. The second-order valence-corrected chi connectivity index (χ2v) is 10.3. The summed E-state index contributed by atoms with van der Waals surface area (Å²) in [5, 5.41) is 4.40. The molecule has 0 aliphatic carbocycles. The van der Waals surface area contributed by atoms with Crippen LogP contribution in [-0.2, 0) is 27.7 Å². The molecule has 2 heterocycles. The topological polar surface area (TPSA) is 81.1 Å². The minimum Gasteiger partial charge on any atom is -0.274 e. The summed E-state index contributed by atoms with van der Waals surface area (Å²) in [6.45, 7) is 1.81. The fourth-order valence-electron chi connectivity index (χ4n) is 3.27. The van der Waals surface area contributed by atoms with Crippen LogP contribution in [0, 0.1) is 12.7 Å². The zero-order valence-corrected chi connectivity index (χ0v) is 18.8. The van der Waals surface area contributed by atoms with E-state index in [2.05, 4.69) is 9.82 Å². The number of aromatic nitrogens is 2. The van der Waals surface area contributed by atoms with Crippen LogP contribution >= 0.6 is 11.3 Å². The van der Waals surface area contributed by atoms with E-state index in [1.807, 2.05) is 37.3 Å². The number of benzene rings is 2. The number of carbonyl (C=O) groups is 1. The number of sulfonamides is 1. The van der Waals surface area contributed by atoms with E-state index in [4.69, 9.17) is 0 Å². The first-order chi connectivity index (χ1) is 15.3. The normalized spacial score (nSPS) is 11.4. The smallest absolute Gasteiger partial charge is 0.273 e. The third-order valence-electron chi connectivity index (χ3n) is 4.69. The Kier molecular flexibility index (Phi) is 6.20. The van der Waals surface area contributed by atoms with Gasteiger partial charge in [0, 0.05) is 11.3 Å². The number of thiophene rings is 1.